The normalized spacial score (nSPS) is 15.4. The van der Waals surface area contributed by atoms with Crippen LogP contribution in [-0.2, 0) is 10.0 Å². The van der Waals surface area contributed by atoms with Gasteiger partial charge in [-0.05, 0) is 49.9 Å². The molecule has 2 aromatic rings. The summed E-state index contributed by atoms with van der Waals surface area (Å²) in [5, 5.41) is 13.7. The quantitative estimate of drug-likeness (QED) is 0.568. The lowest BCUT2D eigenvalue weighted by molar-refractivity contribution is -0.384. The average molecular weight is 432 g/mol. The molecule has 0 aliphatic carbocycles. The molecule has 0 unspecified atom stereocenters. The third-order valence-electron chi connectivity index (χ3n) is 5.31. The molecule has 0 radical (unpaired) electrons. The lowest BCUT2D eigenvalue weighted by Crippen LogP contribution is -2.32. The van der Waals surface area contributed by atoms with Crippen molar-refractivity contribution in [2.24, 2.45) is 0 Å². The van der Waals surface area contributed by atoms with E-state index in [4.69, 9.17) is 0 Å². The van der Waals surface area contributed by atoms with Gasteiger partial charge in [-0.3, -0.25) is 14.9 Å². The molecule has 1 fully saturated rings. The number of sulfonamides is 1. The van der Waals surface area contributed by atoms with E-state index < -0.39 is 20.9 Å². The van der Waals surface area contributed by atoms with Crippen molar-refractivity contribution in [1.82, 2.24) is 4.31 Å². The predicted octanol–water partition coefficient (Wildman–Crippen LogP) is 4.03. The maximum atomic E-state index is 13.2. The average Bonchev–Trinajstić information content (AvgIpc) is 2.99. The van der Waals surface area contributed by atoms with E-state index in [-0.39, 0.29) is 16.1 Å². The standard InChI is InChI=1S/C21H25N3O5S/c1-15-8-10-18(24(26)27)14-19(15)22-21(25)17-9-7-16(2)20(13-17)30(28,29)23-11-5-3-4-6-12-23/h7-10,13-14H,3-6,11-12H2,1-2H3,(H,22,25). The number of amides is 1. The van der Waals surface area contributed by atoms with Crippen molar-refractivity contribution in [2.45, 2.75) is 44.4 Å². The van der Waals surface area contributed by atoms with Gasteiger partial charge in [0.2, 0.25) is 10.0 Å². The second-order valence-corrected chi connectivity index (χ2v) is 9.42. The summed E-state index contributed by atoms with van der Waals surface area (Å²) in [6.07, 6.45) is 3.67. The van der Waals surface area contributed by atoms with Gasteiger partial charge in [-0.15, -0.1) is 0 Å². The molecule has 1 heterocycles. The maximum absolute atomic E-state index is 13.2. The summed E-state index contributed by atoms with van der Waals surface area (Å²) in [5.41, 5.74) is 1.59. The van der Waals surface area contributed by atoms with Crippen LogP contribution in [0, 0.1) is 24.0 Å². The number of hydrogen-bond donors (Lipinski definition) is 1. The number of benzene rings is 2. The van der Waals surface area contributed by atoms with E-state index in [0.29, 0.717) is 29.9 Å². The van der Waals surface area contributed by atoms with E-state index in [9.17, 15) is 23.3 Å². The zero-order valence-electron chi connectivity index (χ0n) is 17.1. The minimum absolute atomic E-state index is 0.118. The van der Waals surface area contributed by atoms with Crippen LogP contribution in [0.2, 0.25) is 0 Å². The zero-order chi connectivity index (χ0) is 21.9. The summed E-state index contributed by atoms with van der Waals surface area (Å²) in [7, 11) is -3.71. The molecular formula is C21H25N3O5S. The monoisotopic (exact) mass is 431 g/mol. The summed E-state index contributed by atoms with van der Waals surface area (Å²) in [5.74, 6) is -0.522. The first-order valence-electron chi connectivity index (χ1n) is 9.87. The molecule has 8 nitrogen and oxygen atoms in total. The summed E-state index contributed by atoms with van der Waals surface area (Å²) < 4.78 is 27.9. The topological polar surface area (TPSA) is 110 Å². The van der Waals surface area contributed by atoms with Gasteiger partial charge in [0.05, 0.1) is 15.5 Å². The summed E-state index contributed by atoms with van der Waals surface area (Å²) in [6, 6.07) is 8.76. The van der Waals surface area contributed by atoms with Crippen molar-refractivity contribution in [3.8, 4) is 0 Å². The molecule has 1 aliphatic heterocycles. The number of aryl methyl sites for hydroxylation is 2. The van der Waals surface area contributed by atoms with Crippen LogP contribution < -0.4 is 5.32 Å². The van der Waals surface area contributed by atoms with Gasteiger partial charge >= 0.3 is 0 Å². The maximum Gasteiger partial charge on any atom is 0.271 e. The van der Waals surface area contributed by atoms with Crippen LogP contribution in [0.4, 0.5) is 11.4 Å². The molecule has 0 saturated carbocycles. The highest BCUT2D eigenvalue weighted by Crippen LogP contribution is 2.26. The van der Waals surface area contributed by atoms with Crippen LogP contribution in [0.1, 0.15) is 47.2 Å². The van der Waals surface area contributed by atoms with Gasteiger partial charge in [0.1, 0.15) is 0 Å². The third-order valence-corrected chi connectivity index (χ3v) is 7.35. The van der Waals surface area contributed by atoms with Crippen molar-refractivity contribution in [3.63, 3.8) is 0 Å². The van der Waals surface area contributed by atoms with Crippen molar-refractivity contribution in [2.75, 3.05) is 18.4 Å². The number of nitrogens with one attached hydrogen (secondary N) is 1. The summed E-state index contributed by atoms with van der Waals surface area (Å²) in [6.45, 7) is 4.39. The van der Waals surface area contributed by atoms with Crippen LogP contribution in [0.3, 0.4) is 0 Å². The SMILES string of the molecule is Cc1ccc([N+](=O)[O-])cc1NC(=O)c1ccc(C)c(S(=O)(=O)N2CCCCCC2)c1. The first kappa shape index (κ1) is 21.9. The highest BCUT2D eigenvalue weighted by Gasteiger charge is 2.27. The molecule has 0 spiro atoms. The van der Waals surface area contributed by atoms with Gasteiger partial charge in [-0.2, -0.15) is 4.31 Å². The predicted molar refractivity (Wildman–Crippen MR) is 114 cm³/mol. The number of rotatable bonds is 5. The smallest absolute Gasteiger partial charge is 0.271 e. The second-order valence-electron chi connectivity index (χ2n) is 7.51. The number of non-ortho nitro benzene ring substituents is 1. The fourth-order valence-corrected chi connectivity index (χ4v) is 5.26. The van der Waals surface area contributed by atoms with Crippen molar-refractivity contribution >= 4 is 27.3 Å². The Morgan fingerprint density at radius 3 is 2.27 bits per heavy atom. The van der Waals surface area contributed by atoms with E-state index in [1.54, 1.807) is 32.0 Å². The van der Waals surface area contributed by atoms with Crippen LogP contribution >= 0.6 is 0 Å². The number of hydrogen-bond acceptors (Lipinski definition) is 5. The molecule has 2 aromatic carbocycles. The molecule has 0 atom stereocenters. The Labute approximate surface area is 176 Å². The van der Waals surface area contributed by atoms with E-state index >= 15 is 0 Å². The Hall–Kier alpha value is -2.78. The molecule has 1 saturated heterocycles. The van der Waals surface area contributed by atoms with E-state index in [0.717, 1.165) is 25.7 Å². The lowest BCUT2D eigenvalue weighted by Gasteiger charge is -2.21. The molecule has 1 aliphatic rings. The Balaban J connectivity index is 1.90. The fourth-order valence-electron chi connectivity index (χ4n) is 3.49. The summed E-state index contributed by atoms with van der Waals surface area (Å²) in [4.78, 5) is 23.4. The molecule has 1 amide bonds. The van der Waals surface area contributed by atoms with Gasteiger partial charge in [0.25, 0.3) is 11.6 Å². The van der Waals surface area contributed by atoms with Crippen molar-refractivity contribution in [1.29, 1.82) is 0 Å². The number of nitro groups is 1. The van der Waals surface area contributed by atoms with Crippen LogP contribution in [0.15, 0.2) is 41.3 Å². The fraction of sp³-hybridized carbons (Fsp3) is 0.381. The van der Waals surface area contributed by atoms with Gasteiger partial charge in [0, 0.05) is 30.8 Å². The van der Waals surface area contributed by atoms with Gasteiger partial charge < -0.3 is 5.32 Å². The summed E-state index contributed by atoms with van der Waals surface area (Å²) >= 11 is 0. The van der Waals surface area contributed by atoms with Crippen LogP contribution in [-0.4, -0.2) is 36.6 Å². The van der Waals surface area contributed by atoms with Crippen LogP contribution in [0.25, 0.3) is 0 Å². The highest BCUT2D eigenvalue weighted by atomic mass is 32.2. The van der Waals surface area contributed by atoms with Gasteiger partial charge in [0.15, 0.2) is 0 Å². The zero-order valence-corrected chi connectivity index (χ0v) is 17.9. The molecule has 9 heteroatoms. The largest absolute Gasteiger partial charge is 0.321 e. The Morgan fingerprint density at radius 2 is 1.63 bits per heavy atom. The Kier molecular flexibility index (Phi) is 6.52. The first-order chi connectivity index (χ1) is 14.2. The Bertz CT molecular complexity index is 1070. The number of carbonyl (C=O) groups is 1. The molecule has 30 heavy (non-hydrogen) atoms. The molecule has 3 rings (SSSR count). The van der Waals surface area contributed by atoms with Crippen LogP contribution in [0.5, 0.6) is 0 Å². The van der Waals surface area contributed by atoms with E-state index in [1.165, 1.54) is 22.5 Å². The number of anilines is 1. The highest BCUT2D eigenvalue weighted by molar-refractivity contribution is 7.89. The molecule has 160 valence electrons. The number of nitrogens with zero attached hydrogens (tertiary/aromatic N) is 2. The number of carbonyl (C=O) groups excluding carboxylic acids is 1. The molecule has 0 bridgehead atoms. The van der Waals surface area contributed by atoms with Crippen molar-refractivity contribution in [3.05, 3.63) is 63.2 Å². The molecule has 1 N–H and O–H groups in total. The van der Waals surface area contributed by atoms with Gasteiger partial charge in [-0.1, -0.05) is 25.0 Å². The van der Waals surface area contributed by atoms with E-state index in [1.807, 2.05) is 0 Å². The first-order valence-corrected chi connectivity index (χ1v) is 11.3. The lowest BCUT2D eigenvalue weighted by atomic mass is 10.1. The van der Waals surface area contributed by atoms with Gasteiger partial charge in [-0.25, -0.2) is 8.42 Å². The third kappa shape index (κ3) is 4.68. The van der Waals surface area contributed by atoms with E-state index in [2.05, 4.69) is 5.32 Å². The minimum atomic E-state index is -3.71. The Morgan fingerprint density at radius 1 is 1.00 bits per heavy atom. The molecular weight excluding hydrogens is 406 g/mol. The van der Waals surface area contributed by atoms with Crippen molar-refractivity contribution < 1.29 is 18.1 Å². The number of nitro benzene ring substituents is 1. The molecule has 0 aromatic heterocycles. The minimum Gasteiger partial charge on any atom is -0.321 e. The second kappa shape index (κ2) is 8.93.